The lowest BCUT2D eigenvalue weighted by molar-refractivity contribution is -0.153. The molecule has 1 aromatic carbocycles. The predicted octanol–water partition coefficient (Wildman–Crippen LogP) is 5.99. The van der Waals surface area contributed by atoms with E-state index >= 15 is 0 Å². The Labute approximate surface area is 206 Å². The largest absolute Gasteiger partial charge is 0.479 e. The molecule has 0 radical (unpaired) electrons. The van der Waals surface area contributed by atoms with E-state index in [4.69, 9.17) is 4.98 Å². The number of aromatic amines is 1. The number of pyridine rings is 1. The number of nitriles is 1. The van der Waals surface area contributed by atoms with Crippen molar-refractivity contribution in [2.24, 2.45) is 0 Å². The first-order valence-electron chi connectivity index (χ1n) is 12.0. The van der Waals surface area contributed by atoms with Crippen molar-refractivity contribution in [3.8, 4) is 11.8 Å². The Bertz CT molecular complexity index is 1540. The Morgan fingerprint density at radius 3 is 2.69 bits per heavy atom. The SMILES string of the molecule is Cc1cc(-n2c(C(C)(C)CC#N)c([C@H]3CC[C@](F)(C(=O)O)CC3)c3nc4[nH]ncc4cc32)ccc1F. The topological polar surface area (TPSA) is 108 Å². The maximum absolute atomic E-state index is 15.0. The summed E-state index contributed by atoms with van der Waals surface area (Å²) in [7, 11) is 0. The van der Waals surface area contributed by atoms with E-state index in [0.29, 0.717) is 29.6 Å². The van der Waals surface area contributed by atoms with Gasteiger partial charge in [0.15, 0.2) is 5.65 Å². The molecular weight excluding hydrogens is 464 g/mol. The quantitative estimate of drug-likeness (QED) is 0.356. The van der Waals surface area contributed by atoms with Crippen molar-refractivity contribution in [3.63, 3.8) is 0 Å². The Morgan fingerprint density at radius 2 is 2.06 bits per heavy atom. The van der Waals surface area contributed by atoms with Crippen LogP contribution in [-0.4, -0.2) is 36.5 Å². The van der Waals surface area contributed by atoms with Crippen molar-refractivity contribution in [3.05, 3.63) is 53.1 Å². The molecule has 5 rings (SSSR count). The maximum atomic E-state index is 15.0. The van der Waals surface area contributed by atoms with Crippen molar-refractivity contribution >= 4 is 28.0 Å². The summed E-state index contributed by atoms with van der Waals surface area (Å²) in [5, 5.41) is 26.9. The van der Waals surface area contributed by atoms with Crippen LogP contribution >= 0.6 is 0 Å². The molecule has 4 aromatic rings. The highest BCUT2D eigenvalue weighted by molar-refractivity contribution is 5.94. The molecular formula is C27H27F2N5O2. The van der Waals surface area contributed by atoms with E-state index in [-0.39, 0.29) is 31.0 Å². The lowest BCUT2D eigenvalue weighted by Gasteiger charge is -2.33. The zero-order valence-corrected chi connectivity index (χ0v) is 20.4. The number of fused-ring (bicyclic) bond motifs is 2. The van der Waals surface area contributed by atoms with Crippen LogP contribution in [0.5, 0.6) is 0 Å². The molecule has 0 bridgehead atoms. The second-order valence-corrected chi connectivity index (χ2v) is 10.5. The van der Waals surface area contributed by atoms with Crippen molar-refractivity contribution in [1.29, 1.82) is 5.26 Å². The van der Waals surface area contributed by atoms with Gasteiger partial charge in [-0.25, -0.2) is 18.6 Å². The third kappa shape index (κ3) is 3.72. The summed E-state index contributed by atoms with van der Waals surface area (Å²) in [6.45, 7) is 5.66. The summed E-state index contributed by atoms with van der Waals surface area (Å²) in [6.07, 6.45) is 2.37. The fourth-order valence-electron chi connectivity index (χ4n) is 5.54. The number of nitrogens with one attached hydrogen (secondary N) is 1. The van der Waals surface area contributed by atoms with E-state index in [1.54, 1.807) is 25.3 Å². The highest BCUT2D eigenvalue weighted by atomic mass is 19.1. The van der Waals surface area contributed by atoms with Gasteiger partial charge in [-0.2, -0.15) is 10.4 Å². The van der Waals surface area contributed by atoms with E-state index < -0.39 is 17.1 Å². The molecule has 0 aliphatic heterocycles. The third-order valence-corrected chi connectivity index (χ3v) is 7.51. The van der Waals surface area contributed by atoms with Crippen LogP contribution in [0.1, 0.15) is 68.7 Å². The second-order valence-electron chi connectivity index (χ2n) is 10.5. The van der Waals surface area contributed by atoms with E-state index in [1.807, 2.05) is 24.5 Å². The molecule has 7 nitrogen and oxygen atoms in total. The monoisotopic (exact) mass is 491 g/mol. The summed E-state index contributed by atoms with van der Waals surface area (Å²) in [5.74, 6) is -1.89. The molecule has 186 valence electrons. The number of rotatable bonds is 5. The third-order valence-electron chi connectivity index (χ3n) is 7.51. The average molecular weight is 492 g/mol. The lowest BCUT2D eigenvalue weighted by atomic mass is 9.73. The first-order chi connectivity index (χ1) is 17.1. The molecule has 0 unspecified atom stereocenters. The molecule has 3 aromatic heterocycles. The first-order valence-corrected chi connectivity index (χ1v) is 12.0. The van der Waals surface area contributed by atoms with Crippen LogP contribution in [0, 0.1) is 24.1 Å². The number of carboxylic acids is 1. The fraction of sp³-hybridized carbons (Fsp3) is 0.407. The average Bonchev–Trinajstić information content (AvgIpc) is 3.42. The fourth-order valence-corrected chi connectivity index (χ4v) is 5.54. The smallest absolute Gasteiger partial charge is 0.341 e. The maximum Gasteiger partial charge on any atom is 0.341 e. The highest BCUT2D eigenvalue weighted by Gasteiger charge is 2.45. The first kappa shape index (κ1) is 23.9. The zero-order chi connectivity index (χ0) is 25.8. The Kier molecular flexibility index (Phi) is 5.58. The predicted molar refractivity (Wildman–Crippen MR) is 131 cm³/mol. The van der Waals surface area contributed by atoms with Gasteiger partial charge in [0.1, 0.15) is 5.82 Å². The number of hydrogen-bond acceptors (Lipinski definition) is 4. The summed E-state index contributed by atoms with van der Waals surface area (Å²) in [5.41, 5.74) is 2.16. The summed E-state index contributed by atoms with van der Waals surface area (Å²) in [6, 6.07) is 9.15. The molecule has 2 N–H and O–H groups in total. The molecule has 0 atom stereocenters. The molecule has 1 aliphatic carbocycles. The minimum atomic E-state index is -2.24. The van der Waals surface area contributed by atoms with Crippen molar-refractivity contribution in [1.82, 2.24) is 19.7 Å². The van der Waals surface area contributed by atoms with Crippen LogP contribution in [0.2, 0.25) is 0 Å². The van der Waals surface area contributed by atoms with Gasteiger partial charge in [0.25, 0.3) is 0 Å². The molecule has 36 heavy (non-hydrogen) atoms. The standard InChI is InChI=1S/C27H27F2N5O2/c1-15-12-18(4-5-19(15)28)34-20-13-17-14-31-33-24(17)32-22(20)21(23(34)26(2,3)10-11-30)16-6-8-27(29,9-7-16)25(35)36/h4-5,12-14,16H,6-10H2,1-3H3,(H,35,36)(H,31,32,33)/t16-,27+. The van der Waals surface area contributed by atoms with Crippen molar-refractivity contribution in [2.75, 3.05) is 0 Å². The zero-order valence-electron chi connectivity index (χ0n) is 20.4. The number of H-pyrrole nitrogens is 1. The number of nitrogens with zero attached hydrogens (tertiary/aromatic N) is 4. The van der Waals surface area contributed by atoms with Crippen LogP contribution in [0.25, 0.3) is 27.8 Å². The minimum Gasteiger partial charge on any atom is -0.479 e. The molecule has 9 heteroatoms. The molecule has 1 saturated carbocycles. The van der Waals surface area contributed by atoms with Gasteiger partial charge in [-0.3, -0.25) is 5.10 Å². The summed E-state index contributed by atoms with van der Waals surface area (Å²) < 4.78 is 31.2. The van der Waals surface area contributed by atoms with Crippen LogP contribution in [0.4, 0.5) is 8.78 Å². The second kappa shape index (κ2) is 8.40. The molecule has 0 spiro atoms. The number of aliphatic carboxylic acids is 1. The number of benzene rings is 1. The number of hydrogen-bond donors (Lipinski definition) is 2. The summed E-state index contributed by atoms with van der Waals surface area (Å²) in [4.78, 5) is 16.4. The van der Waals surface area contributed by atoms with Gasteiger partial charge in [-0.1, -0.05) is 13.8 Å². The van der Waals surface area contributed by atoms with E-state index in [0.717, 1.165) is 27.8 Å². The normalized spacial score (nSPS) is 20.6. The van der Waals surface area contributed by atoms with Gasteiger partial charge < -0.3 is 9.67 Å². The van der Waals surface area contributed by atoms with Gasteiger partial charge in [-0.05, 0) is 68.4 Å². The molecule has 1 aliphatic rings. The van der Waals surface area contributed by atoms with Crippen molar-refractivity contribution < 1.29 is 18.7 Å². The van der Waals surface area contributed by atoms with Gasteiger partial charge >= 0.3 is 5.97 Å². The number of halogens is 2. The molecule has 0 amide bonds. The van der Waals surface area contributed by atoms with Gasteiger partial charge in [0, 0.05) is 34.2 Å². The highest BCUT2D eigenvalue weighted by Crippen LogP contribution is 2.48. The number of carboxylic acid groups (broad SMARTS) is 1. The molecule has 1 fully saturated rings. The van der Waals surface area contributed by atoms with Crippen LogP contribution in [-0.2, 0) is 10.2 Å². The Morgan fingerprint density at radius 1 is 1.33 bits per heavy atom. The lowest BCUT2D eigenvalue weighted by Crippen LogP contribution is -2.37. The Hall–Kier alpha value is -3.80. The van der Waals surface area contributed by atoms with Gasteiger partial charge in [-0.15, -0.1) is 0 Å². The van der Waals surface area contributed by atoms with Gasteiger partial charge in [0.2, 0.25) is 5.67 Å². The van der Waals surface area contributed by atoms with Crippen LogP contribution in [0.15, 0.2) is 30.5 Å². The number of aryl methyl sites for hydroxylation is 1. The number of alkyl halides is 1. The van der Waals surface area contributed by atoms with E-state index in [2.05, 4.69) is 16.3 Å². The Balaban J connectivity index is 1.83. The number of carbonyl (C=O) groups is 1. The minimum absolute atomic E-state index is 0.0975. The van der Waals surface area contributed by atoms with Crippen LogP contribution in [0.3, 0.4) is 0 Å². The van der Waals surface area contributed by atoms with Crippen LogP contribution < -0.4 is 0 Å². The van der Waals surface area contributed by atoms with E-state index in [9.17, 15) is 23.9 Å². The molecule has 3 heterocycles. The van der Waals surface area contributed by atoms with E-state index in [1.165, 1.54) is 6.07 Å². The molecule has 0 saturated heterocycles. The van der Waals surface area contributed by atoms with Gasteiger partial charge in [0.05, 0.1) is 23.3 Å². The van der Waals surface area contributed by atoms with Crippen molar-refractivity contribution in [2.45, 2.75) is 69.9 Å². The summed E-state index contributed by atoms with van der Waals surface area (Å²) >= 11 is 0. The number of aromatic nitrogens is 4.